The number of likely N-dealkylation sites (N-methyl/N-ethyl adjacent to an activating group) is 1. The van der Waals surface area contributed by atoms with Crippen LogP contribution in [0.5, 0.6) is 5.75 Å². The molecule has 1 N–H and O–H groups in total. The fourth-order valence-electron chi connectivity index (χ4n) is 3.40. The molecule has 4 amide bonds. The number of nitrogens with zero attached hydrogens (tertiary/aromatic N) is 3. The van der Waals surface area contributed by atoms with Gasteiger partial charge in [0.1, 0.15) is 17.8 Å². The van der Waals surface area contributed by atoms with Gasteiger partial charge in [0, 0.05) is 31.3 Å². The van der Waals surface area contributed by atoms with Crippen LogP contribution in [0, 0.1) is 10.1 Å². The number of urea groups is 1. The quantitative estimate of drug-likeness (QED) is 0.411. The van der Waals surface area contributed by atoms with E-state index in [-0.39, 0.29) is 17.8 Å². The average molecular weight is 426 g/mol. The third-order valence-electron chi connectivity index (χ3n) is 5.23. The van der Waals surface area contributed by atoms with Gasteiger partial charge in [-0.15, -0.1) is 0 Å². The molecule has 1 aliphatic rings. The van der Waals surface area contributed by atoms with Crippen molar-refractivity contribution in [3.63, 3.8) is 0 Å². The predicted octanol–water partition coefficient (Wildman–Crippen LogP) is 2.03. The number of methoxy groups -OCH3 is 1. The fraction of sp³-hybridized carbons (Fsp3) is 0.286. The molecule has 2 aromatic carbocycles. The second-order valence-corrected chi connectivity index (χ2v) is 7.32. The molecule has 0 saturated carbocycles. The van der Waals surface area contributed by atoms with Gasteiger partial charge in [-0.25, -0.2) is 4.79 Å². The first kappa shape index (κ1) is 21.8. The number of carbonyl (C=O) groups excluding carboxylic acids is 3. The molecule has 0 bridgehead atoms. The minimum absolute atomic E-state index is 0.202. The zero-order valence-electron chi connectivity index (χ0n) is 17.3. The Hall–Kier alpha value is -3.95. The normalized spacial score (nSPS) is 18.0. The highest BCUT2D eigenvalue weighted by Crippen LogP contribution is 2.31. The topological polar surface area (TPSA) is 122 Å². The molecule has 1 heterocycles. The molecule has 2 aromatic rings. The first-order chi connectivity index (χ1) is 14.7. The lowest BCUT2D eigenvalue weighted by atomic mass is 9.91. The average Bonchev–Trinajstić information content (AvgIpc) is 2.98. The van der Waals surface area contributed by atoms with E-state index in [1.165, 1.54) is 43.2 Å². The molecule has 3 rings (SSSR count). The van der Waals surface area contributed by atoms with Gasteiger partial charge in [0.15, 0.2) is 0 Å². The van der Waals surface area contributed by atoms with Crippen molar-refractivity contribution in [3.05, 3.63) is 69.8 Å². The summed E-state index contributed by atoms with van der Waals surface area (Å²) in [6.45, 7) is 1.23. The molecule has 0 aliphatic carbocycles. The Morgan fingerprint density at radius 2 is 1.94 bits per heavy atom. The monoisotopic (exact) mass is 426 g/mol. The Bertz CT molecular complexity index is 1060. The van der Waals surface area contributed by atoms with Gasteiger partial charge in [-0.05, 0) is 18.6 Å². The SMILES string of the molecule is COc1ccccc1CN(C)C(=O)CN1C(=O)NC(C)(c2cccc([N+](=O)[O-])c2)C1=O. The first-order valence-corrected chi connectivity index (χ1v) is 9.42. The van der Waals surface area contributed by atoms with Gasteiger partial charge in [-0.1, -0.05) is 30.3 Å². The Balaban J connectivity index is 1.76. The van der Waals surface area contributed by atoms with Gasteiger partial charge in [-0.3, -0.25) is 24.6 Å². The van der Waals surface area contributed by atoms with Crippen LogP contribution in [0.4, 0.5) is 10.5 Å². The van der Waals surface area contributed by atoms with Crippen LogP contribution in [0.25, 0.3) is 0 Å². The minimum atomic E-state index is -1.51. The molecule has 0 aromatic heterocycles. The van der Waals surface area contributed by atoms with Crippen molar-refractivity contribution >= 4 is 23.5 Å². The largest absolute Gasteiger partial charge is 0.496 e. The zero-order valence-corrected chi connectivity index (χ0v) is 17.3. The zero-order chi connectivity index (χ0) is 22.8. The summed E-state index contributed by atoms with van der Waals surface area (Å²) in [7, 11) is 3.09. The Kier molecular flexibility index (Phi) is 5.91. The number of nitro groups is 1. The van der Waals surface area contributed by atoms with Crippen molar-refractivity contribution in [3.8, 4) is 5.75 Å². The summed E-state index contributed by atoms with van der Waals surface area (Å²) >= 11 is 0. The maximum atomic E-state index is 13.0. The van der Waals surface area contributed by atoms with Crippen molar-refractivity contribution in [1.29, 1.82) is 0 Å². The van der Waals surface area contributed by atoms with Crippen molar-refractivity contribution in [2.24, 2.45) is 0 Å². The van der Waals surface area contributed by atoms with E-state index < -0.39 is 34.9 Å². The standard InChI is InChI=1S/C21H22N4O6/c1-21(15-8-6-9-16(11-15)25(29)30)19(27)24(20(28)22-21)13-18(26)23(2)12-14-7-4-5-10-17(14)31-3/h4-11H,12-13H2,1-3H3,(H,22,28). The van der Waals surface area contributed by atoms with Crippen molar-refractivity contribution < 1.29 is 24.0 Å². The van der Waals surface area contributed by atoms with Gasteiger partial charge in [0.2, 0.25) is 5.91 Å². The van der Waals surface area contributed by atoms with Crippen LogP contribution in [0.1, 0.15) is 18.1 Å². The third-order valence-corrected chi connectivity index (χ3v) is 5.23. The molecule has 1 aliphatic heterocycles. The Labute approximate surface area is 178 Å². The van der Waals surface area contributed by atoms with Crippen molar-refractivity contribution in [1.82, 2.24) is 15.1 Å². The number of rotatable bonds is 7. The van der Waals surface area contributed by atoms with E-state index in [4.69, 9.17) is 4.74 Å². The Morgan fingerprint density at radius 1 is 1.23 bits per heavy atom. The smallest absolute Gasteiger partial charge is 0.325 e. The molecule has 1 atom stereocenters. The van der Waals surface area contributed by atoms with Crippen LogP contribution in [-0.4, -0.2) is 53.3 Å². The highest BCUT2D eigenvalue weighted by Gasteiger charge is 2.50. The molecule has 1 unspecified atom stereocenters. The van der Waals surface area contributed by atoms with E-state index in [0.717, 1.165) is 10.5 Å². The van der Waals surface area contributed by atoms with E-state index in [0.29, 0.717) is 5.75 Å². The fourth-order valence-corrected chi connectivity index (χ4v) is 3.40. The molecule has 10 heteroatoms. The molecule has 162 valence electrons. The highest BCUT2D eigenvalue weighted by atomic mass is 16.6. The van der Waals surface area contributed by atoms with Crippen LogP contribution >= 0.6 is 0 Å². The number of nitrogens with one attached hydrogen (secondary N) is 1. The molecule has 1 saturated heterocycles. The maximum absolute atomic E-state index is 13.0. The lowest BCUT2D eigenvalue weighted by molar-refractivity contribution is -0.385. The molecule has 31 heavy (non-hydrogen) atoms. The van der Waals surface area contributed by atoms with Gasteiger partial charge in [-0.2, -0.15) is 0 Å². The minimum Gasteiger partial charge on any atom is -0.496 e. The number of hydrogen-bond donors (Lipinski definition) is 1. The van der Waals surface area contributed by atoms with Gasteiger partial charge >= 0.3 is 6.03 Å². The summed E-state index contributed by atoms with van der Waals surface area (Å²) in [5.74, 6) is -0.481. The number of benzene rings is 2. The van der Waals surface area contributed by atoms with Crippen LogP contribution < -0.4 is 10.1 Å². The second kappa shape index (κ2) is 8.42. The van der Waals surface area contributed by atoms with Crippen LogP contribution in [0.2, 0.25) is 0 Å². The summed E-state index contributed by atoms with van der Waals surface area (Å²) < 4.78 is 5.28. The van der Waals surface area contributed by atoms with Gasteiger partial charge in [0.05, 0.1) is 12.0 Å². The number of para-hydroxylation sites is 1. The summed E-state index contributed by atoms with van der Waals surface area (Å²) in [6.07, 6.45) is 0. The molecular weight excluding hydrogens is 404 g/mol. The number of non-ortho nitro benzene ring substituents is 1. The Morgan fingerprint density at radius 3 is 2.61 bits per heavy atom. The maximum Gasteiger partial charge on any atom is 0.325 e. The number of nitro benzene ring substituents is 1. The number of carbonyl (C=O) groups is 3. The molecule has 0 spiro atoms. The van der Waals surface area contributed by atoms with Crippen LogP contribution in [0.15, 0.2) is 48.5 Å². The lowest BCUT2D eigenvalue weighted by Crippen LogP contribution is -2.43. The number of ether oxygens (including phenoxy) is 1. The summed E-state index contributed by atoms with van der Waals surface area (Å²) in [5, 5.41) is 13.6. The van der Waals surface area contributed by atoms with Crippen LogP contribution in [0.3, 0.4) is 0 Å². The molecular formula is C21H22N4O6. The number of hydrogen-bond acceptors (Lipinski definition) is 6. The van der Waals surface area contributed by atoms with E-state index in [2.05, 4.69) is 5.32 Å². The first-order valence-electron chi connectivity index (χ1n) is 9.42. The van der Waals surface area contributed by atoms with E-state index in [1.54, 1.807) is 13.1 Å². The highest BCUT2D eigenvalue weighted by molar-refractivity contribution is 6.09. The summed E-state index contributed by atoms with van der Waals surface area (Å²) in [6, 6.07) is 12.0. The molecule has 10 nitrogen and oxygen atoms in total. The van der Waals surface area contributed by atoms with Crippen molar-refractivity contribution in [2.45, 2.75) is 19.0 Å². The number of amides is 4. The van der Waals surface area contributed by atoms with Crippen molar-refractivity contribution in [2.75, 3.05) is 20.7 Å². The summed E-state index contributed by atoms with van der Waals surface area (Å²) in [5.41, 5.74) is -0.673. The van der Waals surface area contributed by atoms with E-state index in [9.17, 15) is 24.5 Å². The van der Waals surface area contributed by atoms with Gasteiger partial charge < -0.3 is 15.0 Å². The number of imide groups is 1. The van der Waals surface area contributed by atoms with E-state index in [1.807, 2.05) is 18.2 Å². The third kappa shape index (κ3) is 4.18. The van der Waals surface area contributed by atoms with Gasteiger partial charge in [0.25, 0.3) is 11.6 Å². The molecule has 0 radical (unpaired) electrons. The predicted molar refractivity (Wildman–Crippen MR) is 110 cm³/mol. The second-order valence-electron chi connectivity index (χ2n) is 7.32. The lowest BCUT2D eigenvalue weighted by Gasteiger charge is -2.23. The van der Waals surface area contributed by atoms with Crippen LogP contribution in [-0.2, 0) is 21.7 Å². The molecule has 1 fully saturated rings. The summed E-state index contributed by atoms with van der Waals surface area (Å²) in [4.78, 5) is 50.9. The van der Waals surface area contributed by atoms with E-state index >= 15 is 0 Å².